The largest absolute Gasteiger partial charge is 0.493 e. The number of halogens is 1. The minimum atomic E-state index is -0.134. The quantitative estimate of drug-likeness (QED) is 0.163. The highest BCUT2D eigenvalue weighted by molar-refractivity contribution is 14.1. The lowest BCUT2D eigenvalue weighted by molar-refractivity contribution is 0.221. The van der Waals surface area contributed by atoms with Crippen molar-refractivity contribution < 1.29 is 14.3 Å². The van der Waals surface area contributed by atoms with Crippen molar-refractivity contribution >= 4 is 59.3 Å². The van der Waals surface area contributed by atoms with Crippen LogP contribution in [0.2, 0.25) is 0 Å². The van der Waals surface area contributed by atoms with Crippen LogP contribution in [0.3, 0.4) is 0 Å². The number of thiophene rings is 1. The molecule has 0 bridgehead atoms. The zero-order valence-corrected chi connectivity index (χ0v) is 21.4. The number of amides is 1. The van der Waals surface area contributed by atoms with Crippen molar-refractivity contribution in [1.82, 2.24) is 4.90 Å². The molecule has 4 rings (SSSR count). The van der Waals surface area contributed by atoms with Crippen LogP contribution >= 0.6 is 33.9 Å². The number of carbonyl (C=O) groups excluding carboxylic acids is 1. The fourth-order valence-corrected chi connectivity index (χ4v) is 5.31. The summed E-state index contributed by atoms with van der Waals surface area (Å²) in [5.74, 6) is 1.38. The standard InChI is InChI=1S/C24H28IN3O3S/c1-17-15-18(26-24(25)29)16-21(30-2)23(17)31-13-4-8-27-9-11-28(12-10-27)20-5-3-6-22-19(20)7-14-32-22/h3,5-7,14-16H,4,8-13H2,1-2H3,(H,26,29). The number of nitrogens with zero attached hydrogens (tertiary/aromatic N) is 2. The summed E-state index contributed by atoms with van der Waals surface area (Å²) in [5, 5.41) is 6.33. The molecule has 0 radical (unpaired) electrons. The average molecular weight is 565 g/mol. The van der Waals surface area contributed by atoms with Gasteiger partial charge in [-0.15, -0.1) is 11.3 Å². The van der Waals surface area contributed by atoms with Crippen molar-refractivity contribution in [2.75, 3.05) is 56.7 Å². The van der Waals surface area contributed by atoms with Crippen LogP contribution in [0, 0.1) is 6.92 Å². The van der Waals surface area contributed by atoms with E-state index in [4.69, 9.17) is 9.47 Å². The van der Waals surface area contributed by atoms with E-state index in [1.54, 1.807) is 47.1 Å². The molecule has 8 heteroatoms. The molecule has 0 spiro atoms. The first-order chi connectivity index (χ1) is 15.5. The summed E-state index contributed by atoms with van der Waals surface area (Å²) in [7, 11) is 1.62. The first kappa shape index (κ1) is 23.1. The average Bonchev–Trinajstić information content (AvgIpc) is 3.26. The summed E-state index contributed by atoms with van der Waals surface area (Å²) in [6, 6.07) is 12.5. The van der Waals surface area contributed by atoms with Crippen LogP contribution in [0.25, 0.3) is 10.1 Å². The molecule has 1 aliphatic rings. The summed E-state index contributed by atoms with van der Waals surface area (Å²) in [5.41, 5.74) is 3.01. The Balaban J connectivity index is 1.26. The number of rotatable bonds is 8. The second-order valence-corrected chi connectivity index (χ2v) is 9.79. The van der Waals surface area contributed by atoms with Crippen LogP contribution in [0.1, 0.15) is 12.0 Å². The Morgan fingerprint density at radius 2 is 2.00 bits per heavy atom. The first-order valence-corrected chi connectivity index (χ1v) is 12.7. The maximum Gasteiger partial charge on any atom is 0.284 e. The van der Waals surface area contributed by atoms with E-state index in [-0.39, 0.29) is 3.91 Å². The lowest BCUT2D eigenvalue weighted by Crippen LogP contribution is -2.46. The molecule has 1 amide bonds. The first-order valence-electron chi connectivity index (χ1n) is 10.8. The molecule has 1 fully saturated rings. The Bertz CT molecular complexity index is 1080. The maximum atomic E-state index is 11.3. The molecule has 6 nitrogen and oxygen atoms in total. The smallest absolute Gasteiger partial charge is 0.284 e. The third kappa shape index (κ3) is 5.47. The van der Waals surface area contributed by atoms with Gasteiger partial charge in [-0.25, -0.2) is 0 Å². The van der Waals surface area contributed by atoms with Gasteiger partial charge in [0, 0.05) is 82.8 Å². The Morgan fingerprint density at radius 1 is 1.19 bits per heavy atom. The van der Waals surface area contributed by atoms with Crippen molar-refractivity contribution in [3.8, 4) is 11.5 Å². The van der Waals surface area contributed by atoms with E-state index in [0.717, 1.165) is 50.5 Å². The second-order valence-electron chi connectivity index (χ2n) is 7.86. The number of carbonyl (C=O) groups is 1. The summed E-state index contributed by atoms with van der Waals surface area (Å²) in [6.07, 6.45) is 0.953. The molecule has 1 N–H and O–H groups in total. The van der Waals surface area contributed by atoms with Crippen molar-refractivity contribution in [3.05, 3.63) is 47.3 Å². The second kappa shape index (κ2) is 10.7. The highest BCUT2D eigenvalue weighted by Gasteiger charge is 2.19. The van der Waals surface area contributed by atoms with Gasteiger partial charge in [0.2, 0.25) is 0 Å². The normalized spacial score (nSPS) is 14.5. The number of hydrogen-bond donors (Lipinski definition) is 1. The zero-order chi connectivity index (χ0) is 22.5. The molecular formula is C24H28IN3O3S. The fourth-order valence-electron chi connectivity index (χ4n) is 4.19. The Hall–Kier alpha value is -2.04. The highest BCUT2D eigenvalue weighted by atomic mass is 127. The highest BCUT2D eigenvalue weighted by Crippen LogP contribution is 2.35. The van der Waals surface area contributed by atoms with Crippen LogP contribution in [0.15, 0.2) is 41.8 Å². The number of hydrogen-bond acceptors (Lipinski definition) is 6. The topological polar surface area (TPSA) is 54.0 Å². The molecule has 2 heterocycles. The third-order valence-corrected chi connectivity index (χ3v) is 6.91. The molecule has 1 aliphatic heterocycles. The number of nitrogens with one attached hydrogen (secondary N) is 1. The monoisotopic (exact) mass is 565 g/mol. The predicted molar refractivity (Wildman–Crippen MR) is 141 cm³/mol. The van der Waals surface area contributed by atoms with Gasteiger partial charge in [0.05, 0.1) is 13.7 Å². The van der Waals surface area contributed by atoms with Gasteiger partial charge in [0.25, 0.3) is 3.91 Å². The van der Waals surface area contributed by atoms with Crippen LogP contribution in [0.5, 0.6) is 11.5 Å². The molecule has 1 saturated heterocycles. The maximum absolute atomic E-state index is 11.3. The van der Waals surface area contributed by atoms with Crippen LogP contribution in [0.4, 0.5) is 16.2 Å². The van der Waals surface area contributed by atoms with E-state index in [0.29, 0.717) is 18.0 Å². The van der Waals surface area contributed by atoms with Crippen LogP contribution in [-0.2, 0) is 0 Å². The Morgan fingerprint density at radius 3 is 2.75 bits per heavy atom. The summed E-state index contributed by atoms with van der Waals surface area (Å²) in [6.45, 7) is 7.83. The Labute approximate surface area is 206 Å². The van der Waals surface area contributed by atoms with E-state index in [2.05, 4.69) is 44.8 Å². The van der Waals surface area contributed by atoms with Gasteiger partial charge in [-0.05, 0) is 48.6 Å². The molecule has 2 aromatic carbocycles. The number of ether oxygens (including phenoxy) is 2. The van der Waals surface area contributed by atoms with E-state index in [9.17, 15) is 4.79 Å². The van der Waals surface area contributed by atoms with Gasteiger partial charge in [-0.3, -0.25) is 9.69 Å². The SMILES string of the molecule is COc1cc(NC(=O)I)cc(C)c1OCCCN1CCN(c2cccc3sccc23)CC1. The summed E-state index contributed by atoms with van der Waals surface area (Å²) >= 11 is 3.52. The van der Waals surface area contributed by atoms with Gasteiger partial charge in [0.1, 0.15) is 0 Å². The lowest BCUT2D eigenvalue weighted by atomic mass is 10.1. The lowest BCUT2D eigenvalue weighted by Gasteiger charge is -2.36. The molecule has 0 aliphatic carbocycles. The predicted octanol–water partition coefficient (Wildman–Crippen LogP) is 5.78. The third-order valence-electron chi connectivity index (χ3n) is 5.75. The van der Waals surface area contributed by atoms with Crippen molar-refractivity contribution in [3.63, 3.8) is 0 Å². The number of methoxy groups -OCH3 is 1. The molecule has 32 heavy (non-hydrogen) atoms. The van der Waals surface area contributed by atoms with Crippen molar-refractivity contribution in [1.29, 1.82) is 0 Å². The number of piperazine rings is 1. The van der Waals surface area contributed by atoms with Crippen LogP contribution in [-0.4, -0.2) is 55.3 Å². The zero-order valence-electron chi connectivity index (χ0n) is 18.4. The fraction of sp³-hybridized carbons (Fsp3) is 0.375. The van der Waals surface area contributed by atoms with Gasteiger partial charge in [-0.1, -0.05) is 6.07 Å². The number of fused-ring (bicyclic) bond motifs is 1. The molecule has 0 atom stereocenters. The van der Waals surface area contributed by atoms with E-state index in [1.807, 2.05) is 13.0 Å². The van der Waals surface area contributed by atoms with Gasteiger partial charge in [0.15, 0.2) is 11.5 Å². The number of aryl methyl sites for hydroxylation is 1. The van der Waals surface area contributed by atoms with Gasteiger partial charge < -0.3 is 19.7 Å². The molecule has 0 unspecified atom stereocenters. The summed E-state index contributed by atoms with van der Waals surface area (Å²) in [4.78, 5) is 16.3. The molecule has 3 aromatic rings. The minimum absolute atomic E-state index is 0.134. The van der Waals surface area contributed by atoms with E-state index < -0.39 is 0 Å². The van der Waals surface area contributed by atoms with E-state index >= 15 is 0 Å². The Kier molecular flexibility index (Phi) is 7.75. The minimum Gasteiger partial charge on any atom is -0.493 e. The molecule has 1 aromatic heterocycles. The number of anilines is 2. The van der Waals surface area contributed by atoms with Gasteiger partial charge >= 0.3 is 0 Å². The molecule has 170 valence electrons. The number of benzene rings is 2. The van der Waals surface area contributed by atoms with Crippen molar-refractivity contribution in [2.24, 2.45) is 0 Å². The molecule has 0 saturated carbocycles. The molecular weight excluding hydrogens is 537 g/mol. The van der Waals surface area contributed by atoms with Gasteiger partial charge in [-0.2, -0.15) is 0 Å². The van der Waals surface area contributed by atoms with E-state index in [1.165, 1.54) is 15.8 Å². The van der Waals surface area contributed by atoms with Crippen molar-refractivity contribution in [2.45, 2.75) is 13.3 Å². The summed E-state index contributed by atoms with van der Waals surface area (Å²) < 4.78 is 12.8. The van der Waals surface area contributed by atoms with Crippen LogP contribution < -0.4 is 19.7 Å².